The number of ether oxygens (including phenoxy) is 2. The summed E-state index contributed by atoms with van der Waals surface area (Å²) in [7, 11) is 3.19. The smallest absolute Gasteiger partial charge is 0.254 e. The van der Waals surface area contributed by atoms with Crippen molar-refractivity contribution in [1.29, 1.82) is 0 Å². The summed E-state index contributed by atoms with van der Waals surface area (Å²) in [6, 6.07) is 20.3. The van der Waals surface area contributed by atoms with E-state index in [1.165, 1.54) is 19.2 Å². The fourth-order valence-electron chi connectivity index (χ4n) is 4.01. The van der Waals surface area contributed by atoms with Crippen LogP contribution in [-0.4, -0.2) is 38.4 Å². The number of nitrogens with zero attached hydrogens (tertiary/aromatic N) is 1. The Morgan fingerprint density at radius 3 is 2.46 bits per heavy atom. The second kappa shape index (κ2) is 11.1. The predicted octanol–water partition coefficient (Wildman–Crippen LogP) is 5.65. The maximum absolute atomic E-state index is 14.7. The van der Waals surface area contributed by atoms with Crippen LogP contribution >= 0.6 is 0 Å². The number of rotatable bonds is 9. The minimum absolute atomic E-state index is 0.0388. The largest absolute Gasteiger partial charge is 0.383 e. The van der Waals surface area contributed by atoms with Crippen molar-refractivity contribution in [3.8, 4) is 33.7 Å². The van der Waals surface area contributed by atoms with Gasteiger partial charge in [-0.2, -0.15) is 0 Å². The standard InChI is InChI=1S/C28H27FN2O4/c1-18-21(19-7-5-4-6-8-19)11-12-22(24(18)17-34-3)27-16-26(31-35-27)20-9-10-23(25(29)15-20)28(32)30-13-14-33-2/h4-12,15-16H,13-14,17H2,1-3H3,(H,30,32). The maximum Gasteiger partial charge on any atom is 0.254 e. The molecule has 0 saturated carbocycles. The van der Waals surface area contributed by atoms with Crippen LogP contribution in [0.25, 0.3) is 33.7 Å². The van der Waals surface area contributed by atoms with Gasteiger partial charge in [-0.1, -0.05) is 53.7 Å². The Kier molecular flexibility index (Phi) is 7.70. The maximum atomic E-state index is 14.7. The molecule has 0 fully saturated rings. The van der Waals surface area contributed by atoms with Crippen molar-refractivity contribution in [2.24, 2.45) is 0 Å². The molecular formula is C28H27FN2O4. The number of hydrogen-bond acceptors (Lipinski definition) is 5. The fourth-order valence-corrected chi connectivity index (χ4v) is 4.01. The van der Waals surface area contributed by atoms with E-state index in [4.69, 9.17) is 14.0 Å². The summed E-state index contributed by atoms with van der Waals surface area (Å²) < 4.78 is 30.7. The van der Waals surface area contributed by atoms with Crippen molar-refractivity contribution in [1.82, 2.24) is 10.5 Å². The molecule has 1 aromatic heterocycles. The molecule has 1 amide bonds. The predicted molar refractivity (Wildman–Crippen MR) is 132 cm³/mol. The third kappa shape index (κ3) is 5.31. The van der Waals surface area contributed by atoms with Crippen molar-refractivity contribution in [2.45, 2.75) is 13.5 Å². The number of methoxy groups -OCH3 is 2. The molecule has 4 rings (SSSR count). The minimum atomic E-state index is -0.634. The first kappa shape index (κ1) is 24.3. The average molecular weight is 475 g/mol. The van der Waals surface area contributed by atoms with Crippen molar-refractivity contribution in [3.63, 3.8) is 0 Å². The Labute approximate surface area is 203 Å². The summed E-state index contributed by atoms with van der Waals surface area (Å²) in [5.74, 6) is -0.577. The van der Waals surface area contributed by atoms with E-state index in [1.54, 1.807) is 19.2 Å². The van der Waals surface area contributed by atoms with Gasteiger partial charge in [0.2, 0.25) is 0 Å². The van der Waals surface area contributed by atoms with Gasteiger partial charge in [0.05, 0.1) is 18.8 Å². The van der Waals surface area contributed by atoms with Crippen LogP contribution < -0.4 is 5.32 Å². The van der Waals surface area contributed by atoms with Crippen LogP contribution in [0.5, 0.6) is 0 Å². The fraction of sp³-hybridized carbons (Fsp3) is 0.214. The molecule has 0 bridgehead atoms. The number of carbonyl (C=O) groups is 1. The molecule has 4 aromatic rings. The minimum Gasteiger partial charge on any atom is -0.383 e. The van der Waals surface area contributed by atoms with Gasteiger partial charge in [-0.25, -0.2) is 4.39 Å². The highest BCUT2D eigenvalue weighted by Crippen LogP contribution is 2.35. The van der Waals surface area contributed by atoms with E-state index in [1.807, 2.05) is 24.3 Å². The first-order chi connectivity index (χ1) is 17.0. The summed E-state index contributed by atoms with van der Waals surface area (Å²) in [5, 5.41) is 6.77. The molecule has 35 heavy (non-hydrogen) atoms. The van der Waals surface area contributed by atoms with Gasteiger partial charge in [-0.3, -0.25) is 4.79 Å². The summed E-state index contributed by atoms with van der Waals surface area (Å²) in [4.78, 5) is 12.2. The Bertz CT molecular complexity index is 1320. The molecule has 0 saturated heterocycles. The van der Waals surface area contributed by atoms with Crippen LogP contribution in [0.4, 0.5) is 4.39 Å². The molecule has 0 aliphatic carbocycles. The molecule has 3 aromatic carbocycles. The lowest BCUT2D eigenvalue weighted by Crippen LogP contribution is -2.27. The van der Waals surface area contributed by atoms with E-state index < -0.39 is 11.7 Å². The second-order valence-electron chi connectivity index (χ2n) is 8.08. The molecule has 180 valence electrons. The Balaban J connectivity index is 1.64. The number of aromatic nitrogens is 1. The lowest BCUT2D eigenvalue weighted by molar-refractivity contribution is 0.0933. The highest BCUT2D eigenvalue weighted by atomic mass is 19.1. The SMILES string of the molecule is COCCNC(=O)c1ccc(-c2cc(-c3ccc(-c4ccccc4)c(C)c3COC)on2)cc1F. The highest BCUT2D eigenvalue weighted by Gasteiger charge is 2.18. The zero-order valence-electron chi connectivity index (χ0n) is 19.9. The van der Waals surface area contributed by atoms with Gasteiger partial charge in [0, 0.05) is 38.0 Å². The summed E-state index contributed by atoms with van der Waals surface area (Å²) in [6.07, 6.45) is 0. The number of halogens is 1. The first-order valence-electron chi connectivity index (χ1n) is 11.2. The zero-order valence-corrected chi connectivity index (χ0v) is 19.9. The van der Waals surface area contributed by atoms with E-state index >= 15 is 0 Å². The molecular weight excluding hydrogens is 447 g/mol. The van der Waals surface area contributed by atoms with Crippen LogP contribution in [-0.2, 0) is 16.1 Å². The molecule has 0 aliphatic heterocycles. The monoisotopic (exact) mass is 474 g/mol. The Hall–Kier alpha value is -3.81. The van der Waals surface area contributed by atoms with Gasteiger partial charge in [0.25, 0.3) is 5.91 Å². The first-order valence-corrected chi connectivity index (χ1v) is 11.2. The van der Waals surface area contributed by atoms with E-state index in [0.717, 1.165) is 27.8 Å². The van der Waals surface area contributed by atoms with Crippen LogP contribution in [0, 0.1) is 12.7 Å². The highest BCUT2D eigenvalue weighted by molar-refractivity contribution is 5.95. The third-order valence-electron chi connectivity index (χ3n) is 5.85. The zero-order chi connectivity index (χ0) is 24.8. The van der Waals surface area contributed by atoms with Crippen LogP contribution in [0.3, 0.4) is 0 Å². The second-order valence-corrected chi connectivity index (χ2v) is 8.08. The van der Waals surface area contributed by atoms with Gasteiger partial charge < -0.3 is 19.3 Å². The lowest BCUT2D eigenvalue weighted by Gasteiger charge is -2.15. The van der Waals surface area contributed by atoms with Crippen LogP contribution in [0.1, 0.15) is 21.5 Å². The van der Waals surface area contributed by atoms with Crippen molar-refractivity contribution in [2.75, 3.05) is 27.4 Å². The van der Waals surface area contributed by atoms with Gasteiger partial charge in [0.1, 0.15) is 11.5 Å². The van der Waals surface area contributed by atoms with E-state index in [9.17, 15) is 9.18 Å². The molecule has 0 unspecified atom stereocenters. The van der Waals surface area contributed by atoms with Gasteiger partial charge >= 0.3 is 0 Å². The summed E-state index contributed by atoms with van der Waals surface area (Å²) >= 11 is 0. The quantitative estimate of drug-likeness (QED) is 0.318. The van der Waals surface area contributed by atoms with Crippen molar-refractivity contribution in [3.05, 3.63) is 89.2 Å². The third-order valence-corrected chi connectivity index (χ3v) is 5.85. The van der Waals surface area contributed by atoms with Crippen LogP contribution in [0.2, 0.25) is 0 Å². The van der Waals surface area contributed by atoms with E-state index in [2.05, 4.69) is 35.6 Å². The number of amides is 1. The molecule has 7 heteroatoms. The van der Waals surface area contributed by atoms with Crippen LogP contribution in [0.15, 0.2) is 71.3 Å². The molecule has 6 nitrogen and oxygen atoms in total. The molecule has 1 heterocycles. The molecule has 0 atom stereocenters. The molecule has 0 aliphatic rings. The average Bonchev–Trinajstić information content (AvgIpc) is 3.36. The molecule has 0 radical (unpaired) electrons. The Morgan fingerprint density at radius 2 is 1.74 bits per heavy atom. The number of carbonyl (C=O) groups excluding carboxylic acids is 1. The molecule has 0 spiro atoms. The summed E-state index contributed by atoms with van der Waals surface area (Å²) in [5.41, 5.74) is 6.11. The number of hydrogen-bond donors (Lipinski definition) is 1. The molecule has 1 N–H and O–H groups in total. The van der Waals surface area contributed by atoms with Gasteiger partial charge in [-0.15, -0.1) is 0 Å². The summed E-state index contributed by atoms with van der Waals surface area (Å²) in [6.45, 7) is 3.11. The number of benzene rings is 3. The van der Waals surface area contributed by atoms with Crippen molar-refractivity contribution < 1.29 is 23.2 Å². The number of nitrogens with one attached hydrogen (secondary N) is 1. The Morgan fingerprint density at radius 1 is 0.971 bits per heavy atom. The van der Waals surface area contributed by atoms with Gasteiger partial charge in [0.15, 0.2) is 5.76 Å². The van der Waals surface area contributed by atoms with Crippen molar-refractivity contribution >= 4 is 5.91 Å². The van der Waals surface area contributed by atoms with Gasteiger partial charge in [-0.05, 0) is 41.3 Å². The van der Waals surface area contributed by atoms with E-state index in [-0.39, 0.29) is 5.56 Å². The topological polar surface area (TPSA) is 73.6 Å². The lowest BCUT2D eigenvalue weighted by atomic mass is 9.92. The van der Waals surface area contributed by atoms with E-state index in [0.29, 0.717) is 36.8 Å². The normalized spacial score (nSPS) is 11.0.